The summed E-state index contributed by atoms with van der Waals surface area (Å²) in [4.78, 5) is 0. The summed E-state index contributed by atoms with van der Waals surface area (Å²) in [6.45, 7) is 0.0801. The Balaban J connectivity index is 0.000000644. The zero-order chi connectivity index (χ0) is 21.6. The van der Waals surface area contributed by atoms with Gasteiger partial charge in [-0.15, -0.1) is 0 Å². The van der Waals surface area contributed by atoms with Gasteiger partial charge in [-0.05, 0) is 54.2 Å². The smallest absolute Gasteiger partial charge is 0.0681 e. The molecule has 0 aliphatic heterocycles. The molecule has 0 atom stereocenters. The highest BCUT2D eigenvalue weighted by molar-refractivity contribution is 5.98. The van der Waals surface area contributed by atoms with Crippen molar-refractivity contribution in [2.45, 2.75) is 12.5 Å². The van der Waals surface area contributed by atoms with Gasteiger partial charge in [-0.25, -0.2) is 0 Å². The number of aliphatic hydroxyl groups excluding tert-OH is 1. The highest BCUT2D eigenvalue weighted by atomic mass is 16.3. The molecule has 4 heteroatoms. The van der Waals surface area contributed by atoms with Gasteiger partial charge in [0.05, 0.1) is 6.61 Å². The number of aliphatic hydroxyl groups is 1. The van der Waals surface area contributed by atoms with E-state index < -0.39 is 0 Å². The van der Waals surface area contributed by atoms with E-state index in [2.05, 4.69) is 90.0 Å². The number of nitrogens with two attached hydrogens (primary N) is 3. The van der Waals surface area contributed by atoms with Crippen LogP contribution in [0.1, 0.15) is 17.0 Å². The zero-order valence-electron chi connectivity index (χ0n) is 17.5. The van der Waals surface area contributed by atoms with Gasteiger partial charge in [0.25, 0.3) is 0 Å². The van der Waals surface area contributed by atoms with Crippen LogP contribution < -0.4 is 17.2 Å². The minimum atomic E-state index is 0.0801. The lowest BCUT2D eigenvalue weighted by atomic mass is 9.87. The normalized spacial score (nSPS) is 11.7. The third-order valence-electron chi connectivity index (χ3n) is 4.49. The van der Waals surface area contributed by atoms with Gasteiger partial charge in [0, 0.05) is 5.92 Å². The summed E-state index contributed by atoms with van der Waals surface area (Å²) in [5, 5.41) is 11.8. The molecular weight excluding hydrogens is 358 g/mol. The number of hydrogen-bond acceptors (Lipinski definition) is 4. The first-order valence-corrected chi connectivity index (χ1v) is 9.67. The zero-order valence-corrected chi connectivity index (χ0v) is 17.5. The molecule has 0 amide bonds. The molecule has 7 N–H and O–H groups in total. The first-order valence-electron chi connectivity index (χ1n) is 9.67. The second kappa shape index (κ2) is 13.4. The Hall–Kier alpha value is -2.76. The van der Waals surface area contributed by atoms with Crippen molar-refractivity contribution in [2.24, 2.45) is 17.2 Å². The van der Waals surface area contributed by atoms with Gasteiger partial charge >= 0.3 is 0 Å². The first kappa shape index (κ1) is 24.3. The van der Waals surface area contributed by atoms with Crippen molar-refractivity contribution in [3.8, 4) is 11.1 Å². The van der Waals surface area contributed by atoms with E-state index in [1.54, 1.807) is 0 Å². The summed E-state index contributed by atoms with van der Waals surface area (Å²) >= 11 is 0. The molecule has 3 aromatic rings. The molecule has 29 heavy (non-hydrogen) atoms. The van der Waals surface area contributed by atoms with Gasteiger partial charge < -0.3 is 22.3 Å². The van der Waals surface area contributed by atoms with Crippen molar-refractivity contribution in [3.05, 3.63) is 96.1 Å². The number of fused-ring (bicyclic) bond motifs is 1. The Labute approximate surface area is 174 Å². The van der Waals surface area contributed by atoms with E-state index in [-0.39, 0.29) is 6.61 Å². The fourth-order valence-electron chi connectivity index (χ4n) is 3.30. The average Bonchev–Trinajstić information content (AvgIpc) is 3.37. The maximum Gasteiger partial charge on any atom is 0.0681 e. The molecule has 0 radical (unpaired) electrons. The van der Waals surface area contributed by atoms with Crippen LogP contribution >= 0.6 is 0 Å². The van der Waals surface area contributed by atoms with Gasteiger partial charge in [0.15, 0.2) is 0 Å². The van der Waals surface area contributed by atoms with Crippen molar-refractivity contribution in [1.82, 2.24) is 0 Å². The van der Waals surface area contributed by atoms with Gasteiger partial charge in [-0.1, -0.05) is 85.0 Å². The minimum Gasteiger partial charge on any atom is -0.392 e. The van der Waals surface area contributed by atoms with Crippen LogP contribution in [0, 0.1) is 0 Å². The lowest BCUT2D eigenvalue weighted by Gasteiger charge is -2.17. The first-order chi connectivity index (χ1) is 14.4. The molecule has 0 unspecified atom stereocenters. The Morgan fingerprint density at radius 3 is 1.90 bits per heavy atom. The van der Waals surface area contributed by atoms with Gasteiger partial charge in [-0.3, -0.25) is 0 Å². The number of allylic oxidation sites excluding steroid dienone is 4. The van der Waals surface area contributed by atoms with Crippen LogP contribution in [0.3, 0.4) is 0 Å². The summed E-state index contributed by atoms with van der Waals surface area (Å²) < 4.78 is 0. The highest BCUT2D eigenvalue weighted by Crippen LogP contribution is 2.38. The Morgan fingerprint density at radius 2 is 1.31 bits per heavy atom. The monoisotopic (exact) mass is 391 g/mol. The van der Waals surface area contributed by atoms with Crippen molar-refractivity contribution in [2.75, 3.05) is 21.1 Å². The van der Waals surface area contributed by atoms with Crippen LogP contribution in [-0.4, -0.2) is 26.2 Å². The van der Waals surface area contributed by atoms with E-state index >= 15 is 0 Å². The van der Waals surface area contributed by atoms with E-state index in [1.807, 2.05) is 12.1 Å². The summed E-state index contributed by atoms with van der Waals surface area (Å²) in [5.41, 5.74) is 18.2. The second-order valence-electron chi connectivity index (χ2n) is 5.90. The summed E-state index contributed by atoms with van der Waals surface area (Å²) in [6, 6.07) is 21.2. The molecule has 0 aromatic heterocycles. The lowest BCUT2D eigenvalue weighted by Crippen LogP contribution is -1.95. The molecule has 0 heterocycles. The Kier molecular flexibility index (Phi) is 11.2. The van der Waals surface area contributed by atoms with Crippen molar-refractivity contribution in [1.29, 1.82) is 0 Å². The summed E-state index contributed by atoms with van der Waals surface area (Å²) in [5.74, 6) is 0.326. The molecule has 4 nitrogen and oxygen atoms in total. The Morgan fingerprint density at radius 1 is 0.724 bits per heavy atom. The third-order valence-corrected chi connectivity index (χ3v) is 4.49. The summed E-state index contributed by atoms with van der Waals surface area (Å²) in [7, 11) is 4.50. The second-order valence-corrected chi connectivity index (χ2v) is 5.90. The fourth-order valence-corrected chi connectivity index (χ4v) is 3.30. The van der Waals surface area contributed by atoms with Crippen LogP contribution in [0.4, 0.5) is 0 Å². The highest BCUT2D eigenvalue weighted by Gasteiger charge is 2.16. The van der Waals surface area contributed by atoms with Gasteiger partial charge in [-0.2, -0.15) is 0 Å². The standard InChI is InChI=1S/C22H18O.3CH5N/c23-15-16-9-11-19(12-10-16)22-20-8-4-3-7-18(20)13-14-21(22)17-5-1-2-6-17;3*1-2/h1-14,17,23H,15H2;3*2H2,1H3. The predicted molar refractivity (Wildman–Crippen MR) is 127 cm³/mol. The predicted octanol–water partition coefficient (Wildman–Crippen LogP) is 3.93. The van der Waals surface area contributed by atoms with Crippen LogP contribution in [0.5, 0.6) is 0 Å². The van der Waals surface area contributed by atoms with Crippen molar-refractivity contribution >= 4 is 10.8 Å². The molecule has 0 spiro atoms. The maximum absolute atomic E-state index is 9.28. The number of rotatable bonds is 3. The quantitative estimate of drug-likeness (QED) is 0.544. The third kappa shape index (κ3) is 5.86. The molecule has 4 rings (SSSR count). The minimum absolute atomic E-state index is 0.0801. The molecule has 1 aliphatic carbocycles. The van der Waals surface area contributed by atoms with Crippen LogP contribution in [0.15, 0.2) is 85.0 Å². The number of benzene rings is 3. The van der Waals surface area contributed by atoms with Gasteiger partial charge in [0.2, 0.25) is 0 Å². The van der Waals surface area contributed by atoms with E-state index in [9.17, 15) is 5.11 Å². The summed E-state index contributed by atoms with van der Waals surface area (Å²) in [6.07, 6.45) is 8.68. The van der Waals surface area contributed by atoms with Crippen molar-refractivity contribution in [3.63, 3.8) is 0 Å². The average molecular weight is 392 g/mol. The molecule has 0 saturated carbocycles. The lowest BCUT2D eigenvalue weighted by molar-refractivity contribution is 0.282. The molecule has 0 bridgehead atoms. The van der Waals surface area contributed by atoms with E-state index in [0.717, 1.165) is 5.56 Å². The molecule has 3 aromatic carbocycles. The largest absolute Gasteiger partial charge is 0.392 e. The molecule has 0 fully saturated rings. The molecule has 1 aliphatic rings. The maximum atomic E-state index is 9.28. The Bertz CT molecular complexity index is 903. The van der Waals surface area contributed by atoms with E-state index in [0.29, 0.717) is 5.92 Å². The molecule has 154 valence electrons. The number of hydrogen-bond donors (Lipinski definition) is 4. The van der Waals surface area contributed by atoms with Gasteiger partial charge in [0.1, 0.15) is 0 Å². The van der Waals surface area contributed by atoms with Crippen LogP contribution in [-0.2, 0) is 6.61 Å². The van der Waals surface area contributed by atoms with Crippen LogP contribution in [0.25, 0.3) is 21.9 Å². The SMILES string of the molecule is CN.CN.CN.OCc1ccc(-c2c(C3C=CC=C3)ccc3ccccc23)cc1. The topological polar surface area (TPSA) is 98.3 Å². The van der Waals surface area contributed by atoms with E-state index in [4.69, 9.17) is 0 Å². The fraction of sp³-hybridized carbons (Fsp3) is 0.200. The van der Waals surface area contributed by atoms with Crippen molar-refractivity contribution < 1.29 is 5.11 Å². The van der Waals surface area contributed by atoms with E-state index in [1.165, 1.54) is 48.6 Å². The van der Waals surface area contributed by atoms with Crippen LogP contribution in [0.2, 0.25) is 0 Å². The molecule has 0 saturated heterocycles. The molecular formula is C25H33N3O.